The molecule has 0 spiro atoms. The van der Waals surface area contributed by atoms with Crippen LogP contribution in [-0.4, -0.2) is 60.6 Å². The second-order valence-electron chi connectivity index (χ2n) is 5.83. The summed E-state index contributed by atoms with van der Waals surface area (Å²) in [5, 5.41) is 4.61. The molecule has 8 nitrogen and oxygen atoms in total. The van der Waals surface area contributed by atoms with Crippen LogP contribution in [0.3, 0.4) is 0 Å². The van der Waals surface area contributed by atoms with Crippen LogP contribution in [0.5, 0.6) is 0 Å². The number of hydrogen-bond acceptors (Lipinski definition) is 7. The van der Waals surface area contributed by atoms with Crippen LogP contribution in [0.1, 0.15) is 20.3 Å². The van der Waals surface area contributed by atoms with Crippen LogP contribution >= 0.6 is 0 Å². The smallest absolute Gasteiger partial charge is 0.407 e. The van der Waals surface area contributed by atoms with Crippen LogP contribution in [0.2, 0.25) is 0 Å². The van der Waals surface area contributed by atoms with Crippen molar-refractivity contribution in [3.8, 4) is 0 Å². The van der Waals surface area contributed by atoms with Gasteiger partial charge >= 0.3 is 6.09 Å². The molecule has 0 aromatic heterocycles. The lowest BCUT2D eigenvalue weighted by atomic mass is 10.0. The van der Waals surface area contributed by atoms with Crippen molar-refractivity contribution in [3.05, 3.63) is 35.2 Å². The van der Waals surface area contributed by atoms with Gasteiger partial charge in [-0.3, -0.25) is 9.83 Å². The molecule has 0 bridgehead atoms. The van der Waals surface area contributed by atoms with E-state index in [-0.39, 0.29) is 6.04 Å². The molecule has 1 unspecified atom stereocenters. The molecule has 0 fully saturated rings. The maximum absolute atomic E-state index is 11.7. The first-order valence-corrected chi connectivity index (χ1v) is 7.96. The van der Waals surface area contributed by atoms with Gasteiger partial charge in [-0.2, -0.15) is 0 Å². The molecule has 1 N–H and O–H groups in total. The molecule has 0 saturated carbocycles. The van der Waals surface area contributed by atoms with E-state index in [1.807, 2.05) is 13.1 Å². The highest BCUT2D eigenvalue weighted by atomic mass is 16.7. The van der Waals surface area contributed by atoms with E-state index in [0.29, 0.717) is 6.67 Å². The van der Waals surface area contributed by atoms with Crippen LogP contribution in [-0.2, 0) is 9.57 Å². The van der Waals surface area contributed by atoms with E-state index in [1.54, 1.807) is 18.4 Å². The highest BCUT2D eigenvalue weighted by molar-refractivity contribution is 5.82. The number of nitrogens with zero attached hydrogens (tertiary/aromatic N) is 4. The van der Waals surface area contributed by atoms with Gasteiger partial charge in [0.05, 0.1) is 32.3 Å². The zero-order valence-electron chi connectivity index (χ0n) is 14.4. The van der Waals surface area contributed by atoms with Gasteiger partial charge in [-0.05, 0) is 18.9 Å². The Balaban J connectivity index is 1.99. The Morgan fingerprint density at radius 1 is 1.42 bits per heavy atom. The van der Waals surface area contributed by atoms with Crippen LogP contribution < -0.4 is 5.32 Å². The van der Waals surface area contributed by atoms with Crippen LogP contribution in [0.4, 0.5) is 4.79 Å². The summed E-state index contributed by atoms with van der Waals surface area (Å²) >= 11 is 0. The molecular formula is C16H23N5O3. The molecule has 3 aliphatic heterocycles. The number of fused-ring (bicyclic) bond motifs is 2. The molecule has 1 atom stereocenters. The summed E-state index contributed by atoms with van der Waals surface area (Å²) in [6, 6.07) is -0.310. The van der Waals surface area contributed by atoms with Crippen LogP contribution in [0.15, 0.2) is 40.2 Å². The fraction of sp³-hybridized carbons (Fsp3) is 0.500. The second-order valence-corrected chi connectivity index (χ2v) is 5.83. The number of amides is 1. The van der Waals surface area contributed by atoms with Crippen molar-refractivity contribution in [1.82, 2.24) is 20.2 Å². The molecule has 0 aromatic carbocycles. The van der Waals surface area contributed by atoms with E-state index in [2.05, 4.69) is 33.2 Å². The van der Waals surface area contributed by atoms with Crippen LogP contribution in [0, 0.1) is 0 Å². The van der Waals surface area contributed by atoms with E-state index >= 15 is 0 Å². The third-order valence-electron chi connectivity index (χ3n) is 4.20. The maximum atomic E-state index is 11.7. The minimum atomic E-state index is -0.472. The van der Waals surface area contributed by atoms with Gasteiger partial charge in [0.1, 0.15) is 24.2 Å². The van der Waals surface area contributed by atoms with Crippen molar-refractivity contribution in [2.75, 3.05) is 27.4 Å². The van der Waals surface area contributed by atoms with Gasteiger partial charge < -0.3 is 19.9 Å². The summed E-state index contributed by atoms with van der Waals surface area (Å²) in [4.78, 5) is 26.0. The molecule has 24 heavy (non-hydrogen) atoms. The van der Waals surface area contributed by atoms with E-state index in [0.717, 1.165) is 35.8 Å². The Labute approximate surface area is 141 Å². The van der Waals surface area contributed by atoms with Crippen molar-refractivity contribution >= 4 is 12.3 Å². The minimum absolute atomic E-state index is 0.310. The van der Waals surface area contributed by atoms with Gasteiger partial charge in [-0.1, -0.05) is 6.92 Å². The molecule has 0 aliphatic carbocycles. The number of methoxy groups -OCH3 is 1. The van der Waals surface area contributed by atoms with Gasteiger partial charge in [0, 0.05) is 12.7 Å². The molecule has 3 rings (SSSR count). The molecule has 8 heteroatoms. The number of carbonyl (C=O) groups excluding carboxylic acids is 1. The minimum Gasteiger partial charge on any atom is -0.453 e. The highest BCUT2D eigenvalue weighted by Crippen LogP contribution is 2.35. The SMILES string of the molecule is CCCN1C=C(C)C(NC(=O)OC)C2=C1N1CN(OC)C=C1C=N2. The van der Waals surface area contributed by atoms with Crippen molar-refractivity contribution in [1.29, 1.82) is 0 Å². The topological polar surface area (TPSA) is 69.6 Å². The first-order chi connectivity index (χ1) is 11.6. The maximum Gasteiger partial charge on any atom is 0.407 e. The monoisotopic (exact) mass is 333 g/mol. The summed E-state index contributed by atoms with van der Waals surface area (Å²) in [5.41, 5.74) is 2.78. The number of ether oxygens (including phenoxy) is 1. The van der Waals surface area contributed by atoms with Gasteiger partial charge in [-0.15, -0.1) is 0 Å². The summed E-state index contributed by atoms with van der Waals surface area (Å²) in [6.07, 6.45) is 6.30. The van der Waals surface area contributed by atoms with Gasteiger partial charge in [-0.25, -0.2) is 9.86 Å². The van der Waals surface area contributed by atoms with E-state index in [4.69, 9.17) is 9.57 Å². The van der Waals surface area contributed by atoms with Crippen molar-refractivity contribution < 1.29 is 14.4 Å². The standard InChI is InChI=1S/C16H23N5O3/c1-5-6-19-8-11(2)13(18-16(22)23-3)14-15(19)21-10-20(24-4)9-12(21)7-17-14/h7-9,13H,5-6,10H2,1-4H3,(H,18,22). The number of hydrogen-bond donors (Lipinski definition) is 1. The molecule has 1 amide bonds. The number of aliphatic imine (C=N–C) groups is 1. The second kappa shape index (κ2) is 6.56. The third-order valence-corrected chi connectivity index (χ3v) is 4.20. The quantitative estimate of drug-likeness (QED) is 0.842. The van der Waals surface area contributed by atoms with Crippen LogP contribution in [0.25, 0.3) is 0 Å². The molecule has 130 valence electrons. The number of hydroxylamine groups is 2. The zero-order valence-corrected chi connectivity index (χ0v) is 14.4. The number of rotatable bonds is 4. The Morgan fingerprint density at radius 2 is 2.21 bits per heavy atom. The fourth-order valence-corrected chi connectivity index (χ4v) is 3.09. The highest BCUT2D eigenvalue weighted by Gasteiger charge is 2.37. The lowest BCUT2D eigenvalue weighted by Gasteiger charge is -2.40. The first kappa shape index (κ1) is 16.4. The summed E-state index contributed by atoms with van der Waals surface area (Å²) < 4.78 is 4.76. The lowest BCUT2D eigenvalue weighted by Crippen LogP contribution is -2.46. The van der Waals surface area contributed by atoms with Crippen molar-refractivity contribution in [2.24, 2.45) is 4.99 Å². The number of carbonyl (C=O) groups is 1. The Kier molecular flexibility index (Phi) is 4.48. The Hall–Kier alpha value is -2.48. The molecule has 0 aromatic rings. The van der Waals surface area contributed by atoms with Gasteiger partial charge in [0.2, 0.25) is 0 Å². The molecule has 3 heterocycles. The predicted molar refractivity (Wildman–Crippen MR) is 89.2 cm³/mol. The molecule has 3 aliphatic rings. The van der Waals surface area contributed by atoms with Gasteiger partial charge in [0.25, 0.3) is 0 Å². The Bertz CT molecular complexity index is 652. The van der Waals surface area contributed by atoms with E-state index < -0.39 is 6.09 Å². The van der Waals surface area contributed by atoms with Gasteiger partial charge in [0.15, 0.2) is 0 Å². The summed E-state index contributed by atoms with van der Waals surface area (Å²) in [5.74, 6) is 0.970. The molecular weight excluding hydrogens is 310 g/mol. The van der Waals surface area contributed by atoms with E-state index in [1.165, 1.54) is 7.11 Å². The lowest BCUT2D eigenvalue weighted by molar-refractivity contribution is -0.0968. The number of nitrogens with one attached hydrogen (secondary N) is 1. The first-order valence-electron chi connectivity index (χ1n) is 7.96. The van der Waals surface area contributed by atoms with Crippen molar-refractivity contribution in [3.63, 3.8) is 0 Å². The number of alkyl carbamates (subject to hydrolysis) is 1. The average molecular weight is 333 g/mol. The predicted octanol–water partition coefficient (Wildman–Crippen LogP) is 1.57. The molecule has 0 saturated heterocycles. The average Bonchev–Trinajstić information content (AvgIpc) is 3.01. The fourth-order valence-electron chi connectivity index (χ4n) is 3.09. The number of allylic oxidation sites excluding steroid dienone is 1. The Morgan fingerprint density at radius 3 is 2.88 bits per heavy atom. The third kappa shape index (κ3) is 2.73. The zero-order chi connectivity index (χ0) is 17.3. The van der Waals surface area contributed by atoms with Crippen molar-refractivity contribution in [2.45, 2.75) is 26.3 Å². The largest absolute Gasteiger partial charge is 0.453 e. The molecule has 0 radical (unpaired) electrons. The summed E-state index contributed by atoms with van der Waals surface area (Å²) in [6.45, 7) is 5.57. The summed E-state index contributed by atoms with van der Waals surface area (Å²) in [7, 11) is 3.00. The van der Waals surface area contributed by atoms with E-state index in [9.17, 15) is 4.79 Å². The normalized spacial score (nSPS) is 22.2.